The number of rotatable bonds is 2. The molecule has 0 radical (unpaired) electrons. The molecule has 1 unspecified atom stereocenters. The second kappa shape index (κ2) is 7.75. The number of carbonyl (C=O) groups is 2. The fourth-order valence-corrected chi connectivity index (χ4v) is 5.40. The third-order valence-corrected chi connectivity index (χ3v) is 6.93. The summed E-state index contributed by atoms with van der Waals surface area (Å²) in [4.78, 5) is 29.1. The summed E-state index contributed by atoms with van der Waals surface area (Å²) in [6.45, 7) is 7.05. The Bertz CT molecular complexity index is 771. The van der Waals surface area contributed by atoms with E-state index < -0.39 is 11.5 Å². The highest BCUT2D eigenvalue weighted by Crippen LogP contribution is 2.52. The average Bonchev–Trinajstić information content (AvgIpc) is 2.98. The number of amides is 2. The van der Waals surface area contributed by atoms with Gasteiger partial charge < -0.3 is 10.1 Å². The monoisotopic (exact) mass is 398 g/mol. The second-order valence-corrected chi connectivity index (χ2v) is 9.96. The summed E-state index contributed by atoms with van der Waals surface area (Å²) in [7, 11) is 0. The highest BCUT2D eigenvalue weighted by Gasteiger charge is 2.57. The normalized spacial score (nSPS) is 24.4. The molecule has 2 heterocycles. The molecule has 1 spiro atoms. The van der Waals surface area contributed by atoms with Crippen molar-refractivity contribution in [1.82, 2.24) is 5.32 Å². The maximum atomic E-state index is 13.8. The molecule has 29 heavy (non-hydrogen) atoms. The van der Waals surface area contributed by atoms with Crippen LogP contribution in [0.15, 0.2) is 24.3 Å². The Kier molecular flexibility index (Phi) is 5.45. The summed E-state index contributed by atoms with van der Waals surface area (Å²) in [5, 5.41) is 3.33. The van der Waals surface area contributed by atoms with Crippen molar-refractivity contribution in [3.05, 3.63) is 29.8 Å². The zero-order valence-electron chi connectivity index (χ0n) is 18.0. The average molecular weight is 399 g/mol. The van der Waals surface area contributed by atoms with Crippen molar-refractivity contribution >= 4 is 17.5 Å². The molecule has 1 N–H and O–H groups in total. The van der Waals surface area contributed by atoms with Crippen molar-refractivity contribution < 1.29 is 14.3 Å². The lowest BCUT2D eigenvalue weighted by molar-refractivity contribution is -0.132. The molecule has 1 aromatic rings. The first kappa shape index (κ1) is 20.4. The van der Waals surface area contributed by atoms with Crippen LogP contribution in [-0.4, -0.2) is 37.1 Å². The highest BCUT2D eigenvalue weighted by molar-refractivity contribution is 6.07. The van der Waals surface area contributed by atoms with Gasteiger partial charge in [-0.15, -0.1) is 0 Å². The molecule has 2 amide bonds. The van der Waals surface area contributed by atoms with Gasteiger partial charge in [-0.2, -0.15) is 0 Å². The van der Waals surface area contributed by atoms with Crippen LogP contribution in [-0.2, 0) is 19.7 Å². The first-order valence-corrected chi connectivity index (χ1v) is 11.2. The predicted molar refractivity (Wildman–Crippen MR) is 114 cm³/mol. The van der Waals surface area contributed by atoms with Gasteiger partial charge in [-0.25, -0.2) is 0 Å². The van der Waals surface area contributed by atoms with E-state index in [1.54, 1.807) is 0 Å². The molecule has 5 nitrogen and oxygen atoms in total. The Morgan fingerprint density at radius 3 is 2.38 bits per heavy atom. The summed E-state index contributed by atoms with van der Waals surface area (Å²) >= 11 is 0. The van der Waals surface area contributed by atoms with Gasteiger partial charge >= 0.3 is 0 Å². The minimum Gasteiger partial charge on any atom is -0.381 e. The van der Waals surface area contributed by atoms with Gasteiger partial charge in [-0.3, -0.25) is 14.5 Å². The molecule has 4 rings (SSSR count). The number of hydrogen-bond donors (Lipinski definition) is 1. The molecular formula is C24H34N2O3. The number of benzene rings is 1. The highest BCUT2D eigenvalue weighted by atomic mass is 16.5. The first-order valence-electron chi connectivity index (χ1n) is 11.2. The smallest absolute Gasteiger partial charge is 0.244 e. The number of anilines is 1. The molecule has 1 saturated heterocycles. The quantitative estimate of drug-likeness (QED) is 0.821. The van der Waals surface area contributed by atoms with Gasteiger partial charge in [0.15, 0.2) is 0 Å². The maximum Gasteiger partial charge on any atom is 0.244 e. The molecule has 1 atom stereocenters. The molecular weight excluding hydrogens is 364 g/mol. The van der Waals surface area contributed by atoms with E-state index >= 15 is 0 Å². The number of para-hydroxylation sites is 1. The summed E-state index contributed by atoms with van der Waals surface area (Å²) in [5.74, 6) is 0.0183. The van der Waals surface area contributed by atoms with Crippen molar-refractivity contribution in [3.8, 4) is 0 Å². The molecule has 3 aliphatic rings. The van der Waals surface area contributed by atoms with Crippen LogP contribution in [0.3, 0.4) is 0 Å². The summed E-state index contributed by atoms with van der Waals surface area (Å²) in [6.07, 6.45) is 7.18. The lowest BCUT2D eigenvalue weighted by Gasteiger charge is -2.42. The van der Waals surface area contributed by atoms with Gasteiger partial charge in [0.2, 0.25) is 11.8 Å². The fraction of sp³-hybridized carbons (Fsp3) is 0.667. The van der Waals surface area contributed by atoms with Crippen LogP contribution < -0.4 is 10.2 Å². The van der Waals surface area contributed by atoms with Crippen LogP contribution in [0.2, 0.25) is 0 Å². The van der Waals surface area contributed by atoms with E-state index in [2.05, 4.69) is 11.4 Å². The van der Waals surface area contributed by atoms with Crippen LogP contribution in [0.5, 0.6) is 0 Å². The third-order valence-electron chi connectivity index (χ3n) is 6.93. The molecule has 0 aromatic heterocycles. The van der Waals surface area contributed by atoms with Crippen molar-refractivity contribution in [3.63, 3.8) is 0 Å². The van der Waals surface area contributed by atoms with Crippen molar-refractivity contribution in [2.75, 3.05) is 18.1 Å². The number of hydrogen-bond acceptors (Lipinski definition) is 3. The molecule has 1 saturated carbocycles. The lowest BCUT2D eigenvalue weighted by Crippen LogP contribution is -2.60. The number of ether oxygens (including phenoxy) is 1. The summed E-state index contributed by atoms with van der Waals surface area (Å²) < 4.78 is 5.68. The Balaban J connectivity index is 1.76. The van der Waals surface area contributed by atoms with Crippen LogP contribution in [0, 0.1) is 5.41 Å². The summed E-state index contributed by atoms with van der Waals surface area (Å²) in [6, 6.07) is 7.83. The van der Waals surface area contributed by atoms with Crippen LogP contribution in [0.25, 0.3) is 0 Å². The summed E-state index contributed by atoms with van der Waals surface area (Å²) in [5.41, 5.74) is 1.10. The van der Waals surface area contributed by atoms with E-state index in [0.29, 0.717) is 13.2 Å². The van der Waals surface area contributed by atoms with Gasteiger partial charge in [-0.05, 0) is 37.3 Å². The number of nitrogens with one attached hydrogen (secondary N) is 1. The van der Waals surface area contributed by atoms with E-state index in [9.17, 15) is 9.59 Å². The molecule has 1 aromatic carbocycles. The van der Waals surface area contributed by atoms with E-state index in [1.165, 1.54) is 19.3 Å². The molecule has 158 valence electrons. The van der Waals surface area contributed by atoms with Crippen molar-refractivity contribution in [2.45, 2.75) is 83.2 Å². The maximum absolute atomic E-state index is 13.8. The van der Waals surface area contributed by atoms with Crippen LogP contribution in [0.4, 0.5) is 5.69 Å². The van der Waals surface area contributed by atoms with E-state index in [4.69, 9.17) is 4.74 Å². The Labute approximate surface area is 174 Å². The van der Waals surface area contributed by atoms with Crippen LogP contribution in [0.1, 0.15) is 71.3 Å². The zero-order chi connectivity index (χ0) is 20.6. The Morgan fingerprint density at radius 1 is 1.07 bits per heavy atom. The largest absolute Gasteiger partial charge is 0.381 e. The van der Waals surface area contributed by atoms with Gasteiger partial charge in [0.25, 0.3) is 0 Å². The van der Waals surface area contributed by atoms with Crippen molar-refractivity contribution in [2.24, 2.45) is 5.41 Å². The van der Waals surface area contributed by atoms with E-state index in [0.717, 1.165) is 36.9 Å². The Morgan fingerprint density at radius 2 is 1.72 bits per heavy atom. The number of nitrogens with zero attached hydrogens (tertiary/aromatic N) is 1. The molecule has 2 aliphatic heterocycles. The SMILES string of the molecule is CC(C)(C)C(=O)N1c2ccccc2C2(CCOCC2)C1C(=O)NC1CCCCC1. The van der Waals surface area contributed by atoms with Crippen molar-refractivity contribution in [1.29, 1.82) is 0 Å². The first-order chi connectivity index (χ1) is 13.8. The lowest BCUT2D eigenvalue weighted by atomic mass is 9.70. The van der Waals surface area contributed by atoms with Crippen LogP contribution >= 0.6 is 0 Å². The predicted octanol–water partition coefficient (Wildman–Crippen LogP) is 3.95. The Hall–Kier alpha value is -1.88. The van der Waals surface area contributed by atoms with E-state index in [-0.39, 0.29) is 23.3 Å². The molecule has 2 fully saturated rings. The zero-order valence-corrected chi connectivity index (χ0v) is 18.0. The third kappa shape index (κ3) is 3.58. The standard InChI is InChI=1S/C24H34N2O3/c1-23(2,3)22(28)26-19-12-8-7-11-18(19)24(13-15-29-16-14-24)20(26)21(27)25-17-9-5-4-6-10-17/h7-8,11-12,17,20H,4-6,9-10,13-16H2,1-3H3,(H,25,27). The molecule has 5 heteroatoms. The van der Waals surface area contributed by atoms with Gasteiger partial charge in [-0.1, -0.05) is 58.2 Å². The van der Waals surface area contributed by atoms with Gasteiger partial charge in [0, 0.05) is 35.8 Å². The van der Waals surface area contributed by atoms with Gasteiger partial charge in [0.05, 0.1) is 0 Å². The molecule has 0 bridgehead atoms. The fourth-order valence-electron chi connectivity index (χ4n) is 5.40. The topological polar surface area (TPSA) is 58.6 Å². The second-order valence-electron chi connectivity index (χ2n) is 9.96. The molecule has 1 aliphatic carbocycles. The van der Waals surface area contributed by atoms with Gasteiger partial charge in [0.1, 0.15) is 6.04 Å². The number of carbonyl (C=O) groups excluding carboxylic acids is 2. The minimum absolute atomic E-state index is 0.00704. The number of fused-ring (bicyclic) bond motifs is 2. The minimum atomic E-state index is -0.562. The van der Waals surface area contributed by atoms with E-state index in [1.807, 2.05) is 43.9 Å².